The minimum absolute atomic E-state index is 0.0414. The van der Waals surface area contributed by atoms with E-state index in [0.717, 1.165) is 24.9 Å². The zero-order chi connectivity index (χ0) is 18.8. The summed E-state index contributed by atoms with van der Waals surface area (Å²) in [5, 5.41) is 8.14. The summed E-state index contributed by atoms with van der Waals surface area (Å²) in [5.41, 5.74) is 2.90. The predicted molar refractivity (Wildman–Crippen MR) is 107 cm³/mol. The summed E-state index contributed by atoms with van der Waals surface area (Å²) < 4.78 is 0. The molecule has 6 nitrogen and oxygen atoms in total. The highest BCUT2D eigenvalue weighted by Crippen LogP contribution is 2.32. The van der Waals surface area contributed by atoms with Crippen LogP contribution in [-0.2, 0) is 17.6 Å². The minimum atomic E-state index is -0.212. The molecule has 1 aromatic heterocycles. The fourth-order valence-corrected chi connectivity index (χ4v) is 4.73. The molecule has 142 valence electrons. The van der Waals surface area contributed by atoms with Crippen LogP contribution < -0.4 is 15.5 Å². The molecule has 0 saturated heterocycles. The summed E-state index contributed by atoms with van der Waals surface area (Å²) in [6, 6.07) is 8.26. The minimum Gasteiger partial charge on any atom is -0.335 e. The Labute approximate surface area is 163 Å². The molecule has 2 aromatic rings. The van der Waals surface area contributed by atoms with E-state index in [2.05, 4.69) is 28.6 Å². The molecule has 1 aromatic carbocycles. The van der Waals surface area contributed by atoms with Gasteiger partial charge in [-0.05, 0) is 37.8 Å². The number of urea groups is 1. The molecule has 27 heavy (non-hydrogen) atoms. The van der Waals surface area contributed by atoms with Gasteiger partial charge < -0.3 is 10.2 Å². The summed E-state index contributed by atoms with van der Waals surface area (Å²) in [5.74, 6) is 0.0414. The number of hydrogen-bond donors (Lipinski definition) is 2. The molecule has 2 aliphatic rings. The van der Waals surface area contributed by atoms with Crippen LogP contribution in [-0.4, -0.2) is 29.0 Å². The summed E-state index contributed by atoms with van der Waals surface area (Å²) >= 11 is 1.35. The molecular formula is C20H24N4O2S. The number of nitrogens with zero attached hydrogens (tertiary/aromatic N) is 2. The van der Waals surface area contributed by atoms with Crippen LogP contribution in [0.15, 0.2) is 29.6 Å². The standard InChI is InChI=1S/C20H24N4O2S/c1-13-10-14-6-2-5-9-17(14)24(13)18(25)11-16-12-27-20(22-16)23-19(26)21-15-7-3-4-8-15/h2,5-6,9,12-13,15H,3-4,7-8,10-11H2,1H3,(H2,21,22,23,26). The van der Waals surface area contributed by atoms with Gasteiger partial charge in [0.2, 0.25) is 5.91 Å². The van der Waals surface area contributed by atoms with Crippen molar-refractivity contribution < 1.29 is 9.59 Å². The van der Waals surface area contributed by atoms with Crippen molar-refractivity contribution in [3.8, 4) is 0 Å². The lowest BCUT2D eigenvalue weighted by molar-refractivity contribution is -0.118. The fourth-order valence-electron chi connectivity index (χ4n) is 4.02. The van der Waals surface area contributed by atoms with Gasteiger partial charge in [0.15, 0.2) is 5.13 Å². The van der Waals surface area contributed by atoms with E-state index in [0.29, 0.717) is 10.8 Å². The SMILES string of the molecule is CC1Cc2ccccc2N1C(=O)Cc1csc(NC(=O)NC2CCCC2)n1. The Morgan fingerprint density at radius 2 is 2.04 bits per heavy atom. The van der Waals surface area contributed by atoms with Gasteiger partial charge in [-0.1, -0.05) is 31.0 Å². The second-order valence-electron chi connectivity index (χ2n) is 7.35. The van der Waals surface area contributed by atoms with Crippen LogP contribution >= 0.6 is 11.3 Å². The lowest BCUT2D eigenvalue weighted by atomic mass is 10.1. The number of thiazole rings is 1. The van der Waals surface area contributed by atoms with Gasteiger partial charge in [-0.3, -0.25) is 10.1 Å². The monoisotopic (exact) mass is 384 g/mol. The molecule has 2 heterocycles. The number of aromatic nitrogens is 1. The molecule has 1 unspecified atom stereocenters. The zero-order valence-electron chi connectivity index (χ0n) is 15.4. The van der Waals surface area contributed by atoms with Crippen molar-refractivity contribution in [2.45, 2.75) is 57.5 Å². The van der Waals surface area contributed by atoms with Gasteiger partial charge >= 0.3 is 6.03 Å². The van der Waals surface area contributed by atoms with E-state index in [4.69, 9.17) is 0 Å². The van der Waals surface area contributed by atoms with Crippen molar-refractivity contribution in [1.82, 2.24) is 10.3 Å². The molecule has 1 saturated carbocycles. The van der Waals surface area contributed by atoms with E-state index in [9.17, 15) is 9.59 Å². The Bertz CT molecular complexity index is 844. The second kappa shape index (κ2) is 7.68. The molecule has 3 amide bonds. The molecular weight excluding hydrogens is 360 g/mol. The van der Waals surface area contributed by atoms with Crippen molar-refractivity contribution in [3.05, 3.63) is 40.9 Å². The molecule has 1 fully saturated rings. The van der Waals surface area contributed by atoms with Gasteiger partial charge in [-0.2, -0.15) is 0 Å². The first-order valence-corrected chi connectivity index (χ1v) is 10.4. The maximum absolute atomic E-state index is 12.8. The second-order valence-corrected chi connectivity index (χ2v) is 8.20. The third kappa shape index (κ3) is 3.98. The maximum Gasteiger partial charge on any atom is 0.321 e. The molecule has 1 aliphatic heterocycles. The van der Waals surface area contributed by atoms with Crippen LogP contribution in [0.25, 0.3) is 0 Å². The van der Waals surface area contributed by atoms with Crippen LogP contribution in [0.2, 0.25) is 0 Å². The number of rotatable bonds is 4. The molecule has 2 N–H and O–H groups in total. The van der Waals surface area contributed by atoms with Gasteiger partial charge in [0.25, 0.3) is 0 Å². The van der Waals surface area contributed by atoms with E-state index in [1.165, 1.54) is 29.7 Å². The Morgan fingerprint density at radius 3 is 2.85 bits per heavy atom. The van der Waals surface area contributed by atoms with Gasteiger partial charge in [-0.15, -0.1) is 11.3 Å². The lowest BCUT2D eigenvalue weighted by Gasteiger charge is -2.22. The first-order valence-electron chi connectivity index (χ1n) is 9.52. The number of para-hydroxylation sites is 1. The third-order valence-corrected chi connectivity index (χ3v) is 6.08. The number of hydrogen-bond acceptors (Lipinski definition) is 4. The van der Waals surface area contributed by atoms with E-state index < -0.39 is 0 Å². The highest BCUT2D eigenvalue weighted by molar-refractivity contribution is 7.13. The van der Waals surface area contributed by atoms with Crippen molar-refractivity contribution in [2.75, 3.05) is 10.2 Å². The molecule has 7 heteroatoms. The largest absolute Gasteiger partial charge is 0.335 e. The Kier molecular flexibility index (Phi) is 5.11. The Balaban J connectivity index is 1.36. The Hall–Kier alpha value is -2.41. The van der Waals surface area contributed by atoms with Crippen molar-refractivity contribution in [1.29, 1.82) is 0 Å². The summed E-state index contributed by atoms with van der Waals surface area (Å²) in [7, 11) is 0. The van der Waals surface area contributed by atoms with Crippen LogP contribution in [0.4, 0.5) is 15.6 Å². The quantitative estimate of drug-likeness (QED) is 0.843. The fraction of sp³-hybridized carbons (Fsp3) is 0.450. The number of carbonyl (C=O) groups excluding carboxylic acids is 2. The molecule has 0 spiro atoms. The van der Waals surface area contributed by atoms with Crippen LogP contribution in [0.3, 0.4) is 0 Å². The van der Waals surface area contributed by atoms with Gasteiger partial charge in [0.05, 0.1) is 12.1 Å². The summed E-state index contributed by atoms with van der Waals surface area (Å²) in [6.45, 7) is 2.07. The highest BCUT2D eigenvalue weighted by atomic mass is 32.1. The van der Waals surface area contributed by atoms with Gasteiger partial charge in [0, 0.05) is 23.2 Å². The number of nitrogens with one attached hydrogen (secondary N) is 2. The predicted octanol–water partition coefficient (Wildman–Crippen LogP) is 3.73. The first kappa shape index (κ1) is 18.0. The van der Waals surface area contributed by atoms with Crippen molar-refractivity contribution in [2.24, 2.45) is 0 Å². The number of benzene rings is 1. The van der Waals surface area contributed by atoms with Crippen LogP contribution in [0, 0.1) is 0 Å². The zero-order valence-corrected chi connectivity index (χ0v) is 16.2. The van der Waals surface area contributed by atoms with Crippen molar-refractivity contribution in [3.63, 3.8) is 0 Å². The van der Waals surface area contributed by atoms with Gasteiger partial charge in [0.1, 0.15) is 0 Å². The number of fused-ring (bicyclic) bond motifs is 1. The number of carbonyl (C=O) groups is 2. The molecule has 1 atom stereocenters. The molecule has 4 rings (SSSR count). The van der Waals surface area contributed by atoms with E-state index >= 15 is 0 Å². The van der Waals surface area contributed by atoms with E-state index in [1.54, 1.807) is 0 Å². The normalized spacial score (nSPS) is 19.1. The lowest BCUT2D eigenvalue weighted by Crippen LogP contribution is -2.37. The summed E-state index contributed by atoms with van der Waals surface area (Å²) in [6.07, 6.45) is 5.55. The highest BCUT2D eigenvalue weighted by Gasteiger charge is 2.30. The average molecular weight is 385 g/mol. The Morgan fingerprint density at radius 1 is 1.26 bits per heavy atom. The molecule has 0 radical (unpaired) electrons. The third-order valence-electron chi connectivity index (χ3n) is 5.27. The first-order chi connectivity index (χ1) is 13.1. The van der Waals surface area contributed by atoms with Crippen molar-refractivity contribution >= 4 is 34.1 Å². The van der Waals surface area contributed by atoms with E-state index in [1.807, 2.05) is 28.5 Å². The number of amides is 3. The van der Waals surface area contributed by atoms with Crippen LogP contribution in [0.5, 0.6) is 0 Å². The maximum atomic E-state index is 12.8. The topological polar surface area (TPSA) is 74.3 Å². The smallest absolute Gasteiger partial charge is 0.321 e. The van der Waals surface area contributed by atoms with E-state index in [-0.39, 0.29) is 30.4 Å². The van der Waals surface area contributed by atoms with Gasteiger partial charge in [-0.25, -0.2) is 9.78 Å². The average Bonchev–Trinajstić information content (AvgIpc) is 3.34. The number of anilines is 2. The molecule has 0 bridgehead atoms. The summed E-state index contributed by atoms with van der Waals surface area (Å²) in [4.78, 5) is 31.2. The van der Waals surface area contributed by atoms with Crippen LogP contribution in [0.1, 0.15) is 43.9 Å². The molecule has 1 aliphatic carbocycles.